The molecule has 7 nitrogen and oxygen atoms in total. The second-order valence-electron chi connectivity index (χ2n) is 4.00. The third kappa shape index (κ3) is 3.46. The number of rotatable bonds is 5. The number of carbonyl (C=O) groups is 2. The van der Waals surface area contributed by atoms with Crippen LogP contribution in [0.3, 0.4) is 0 Å². The third-order valence-electron chi connectivity index (χ3n) is 2.62. The van der Waals surface area contributed by atoms with E-state index in [9.17, 15) is 19.7 Å². The summed E-state index contributed by atoms with van der Waals surface area (Å²) < 4.78 is 4.83. The second-order valence-corrected chi connectivity index (χ2v) is 4.41. The van der Waals surface area contributed by atoms with Crippen molar-refractivity contribution in [3.05, 3.63) is 62.9 Å². The minimum atomic E-state index is -0.824. The minimum absolute atomic E-state index is 0.0402. The summed E-state index contributed by atoms with van der Waals surface area (Å²) in [6.07, 6.45) is 1.57. The van der Waals surface area contributed by atoms with Gasteiger partial charge in [0.25, 0.3) is 5.69 Å². The number of esters is 1. The maximum atomic E-state index is 11.8. The first kappa shape index (κ1) is 14.7. The van der Waals surface area contributed by atoms with Gasteiger partial charge in [-0.1, -0.05) is 11.6 Å². The summed E-state index contributed by atoms with van der Waals surface area (Å²) >= 11 is 5.79. The number of aromatic nitrogens is 1. The molecule has 0 radical (unpaired) electrons. The molecule has 0 atom stereocenters. The number of Topliss-reactive ketones (excluding diaryl/α,β-unsaturated/α-hetero) is 1. The monoisotopic (exact) mass is 308 g/mol. The molecule has 0 saturated heterocycles. The Labute approximate surface area is 123 Å². The zero-order valence-corrected chi connectivity index (χ0v) is 11.3. The van der Waals surface area contributed by atoms with Gasteiger partial charge in [0.2, 0.25) is 5.78 Å². The number of carbonyl (C=O) groups excluding carboxylic acids is 2. The molecular formula is C13H9ClN2O5. The SMILES string of the molecule is O=C(COC(=O)c1ccc([N+](=O)[O-])cc1Cl)c1ccc[nH]1. The number of hydrogen-bond donors (Lipinski definition) is 1. The van der Waals surface area contributed by atoms with Crippen molar-refractivity contribution in [3.63, 3.8) is 0 Å². The van der Waals surface area contributed by atoms with Gasteiger partial charge in [-0.15, -0.1) is 0 Å². The Morgan fingerprint density at radius 1 is 1.33 bits per heavy atom. The van der Waals surface area contributed by atoms with E-state index in [1.807, 2.05) is 0 Å². The zero-order valence-electron chi connectivity index (χ0n) is 10.5. The highest BCUT2D eigenvalue weighted by Gasteiger charge is 2.17. The van der Waals surface area contributed by atoms with E-state index in [4.69, 9.17) is 16.3 Å². The van der Waals surface area contributed by atoms with Crippen LogP contribution in [0.4, 0.5) is 5.69 Å². The molecule has 1 heterocycles. The topological polar surface area (TPSA) is 102 Å². The van der Waals surface area contributed by atoms with E-state index in [2.05, 4.69) is 4.98 Å². The number of nitrogens with zero attached hydrogens (tertiary/aromatic N) is 1. The number of aromatic amines is 1. The van der Waals surface area contributed by atoms with Crippen LogP contribution in [0.25, 0.3) is 0 Å². The molecule has 0 spiro atoms. The van der Waals surface area contributed by atoms with Crippen molar-refractivity contribution in [2.24, 2.45) is 0 Å². The molecule has 0 aliphatic rings. The van der Waals surface area contributed by atoms with E-state index in [1.54, 1.807) is 18.3 Å². The van der Waals surface area contributed by atoms with Gasteiger partial charge in [0.05, 0.1) is 21.2 Å². The lowest BCUT2D eigenvalue weighted by Gasteiger charge is -2.05. The smallest absolute Gasteiger partial charge is 0.340 e. The quantitative estimate of drug-likeness (QED) is 0.396. The number of nitro benzene ring substituents is 1. The first-order chi connectivity index (χ1) is 9.99. The summed E-state index contributed by atoms with van der Waals surface area (Å²) in [5, 5.41) is 10.5. The molecule has 0 amide bonds. The van der Waals surface area contributed by atoms with Gasteiger partial charge in [0.15, 0.2) is 6.61 Å². The summed E-state index contributed by atoms with van der Waals surface area (Å²) in [7, 11) is 0. The maximum Gasteiger partial charge on any atom is 0.340 e. The van der Waals surface area contributed by atoms with Gasteiger partial charge >= 0.3 is 5.97 Å². The molecule has 1 aromatic heterocycles. The number of benzene rings is 1. The third-order valence-corrected chi connectivity index (χ3v) is 2.93. The van der Waals surface area contributed by atoms with E-state index in [0.717, 1.165) is 12.1 Å². The first-order valence-electron chi connectivity index (χ1n) is 5.76. The van der Waals surface area contributed by atoms with E-state index in [0.29, 0.717) is 5.69 Å². The normalized spacial score (nSPS) is 10.1. The van der Waals surface area contributed by atoms with Gasteiger partial charge in [-0.3, -0.25) is 14.9 Å². The minimum Gasteiger partial charge on any atom is -0.454 e. The molecule has 0 fully saturated rings. The largest absolute Gasteiger partial charge is 0.454 e. The van der Waals surface area contributed by atoms with Gasteiger partial charge in [-0.25, -0.2) is 4.79 Å². The van der Waals surface area contributed by atoms with E-state index in [1.165, 1.54) is 6.07 Å². The van der Waals surface area contributed by atoms with Gasteiger partial charge in [-0.05, 0) is 18.2 Å². The Hall–Kier alpha value is -2.67. The number of H-pyrrole nitrogens is 1. The van der Waals surface area contributed by atoms with Crippen LogP contribution in [-0.2, 0) is 4.74 Å². The van der Waals surface area contributed by atoms with Gasteiger partial charge in [0, 0.05) is 18.3 Å². The van der Waals surface area contributed by atoms with Crippen molar-refractivity contribution in [2.75, 3.05) is 6.61 Å². The van der Waals surface area contributed by atoms with Crippen molar-refractivity contribution in [1.82, 2.24) is 4.98 Å². The Balaban J connectivity index is 2.04. The molecule has 0 unspecified atom stereocenters. The van der Waals surface area contributed by atoms with E-state index in [-0.39, 0.29) is 16.3 Å². The molecule has 2 rings (SSSR count). The molecule has 8 heteroatoms. The Morgan fingerprint density at radius 2 is 2.10 bits per heavy atom. The zero-order chi connectivity index (χ0) is 15.4. The molecule has 1 aromatic carbocycles. The van der Waals surface area contributed by atoms with Gasteiger partial charge in [-0.2, -0.15) is 0 Å². The summed E-state index contributed by atoms with van der Waals surface area (Å²) in [5.74, 6) is -1.22. The average molecular weight is 309 g/mol. The number of ether oxygens (including phenoxy) is 1. The molecule has 2 aromatic rings. The summed E-state index contributed by atoms with van der Waals surface area (Å²) in [6.45, 7) is -0.452. The second kappa shape index (κ2) is 6.19. The Morgan fingerprint density at radius 3 is 2.67 bits per heavy atom. The maximum absolute atomic E-state index is 11.8. The van der Waals surface area contributed by atoms with Crippen molar-refractivity contribution in [2.45, 2.75) is 0 Å². The fourth-order valence-corrected chi connectivity index (χ4v) is 1.83. The highest BCUT2D eigenvalue weighted by atomic mass is 35.5. The van der Waals surface area contributed by atoms with Gasteiger partial charge < -0.3 is 9.72 Å². The average Bonchev–Trinajstić information content (AvgIpc) is 2.98. The van der Waals surface area contributed by atoms with Crippen molar-refractivity contribution in [1.29, 1.82) is 0 Å². The van der Waals surface area contributed by atoms with Crippen LogP contribution in [0.1, 0.15) is 20.8 Å². The lowest BCUT2D eigenvalue weighted by Crippen LogP contribution is -2.14. The number of non-ortho nitro benzene ring substituents is 1. The highest BCUT2D eigenvalue weighted by Crippen LogP contribution is 2.23. The molecule has 21 heavy (non-hydrogen) atoms. The van der Waals surface area contributed by atoms with Crippen LogP contribution in [-0.4, -0.2) is 28.3 Å². The number of ketones is 1. The van der Waals surface area contributed by atoms with E-state index >= 15 is 0 Å². The van der Waals surface area contributed by atoms with Crippen LogP contribution in [0, 0.1) is 10.1 Å². The van der Waals surface area contributed by atoms with Crippen molar-refractivity contribution in [3.8, 4) is 0 Å². The molecule has 1 N–H and O–H groups in total. The number of nitrogens with one attached hydrogen (secondary N) is 1. The number of hydrogen-bond acceptors (Lipinski definition) is 5. The molecule has 0 aliphatic heterocycles. The summed E-state index contributed by atoms with van der Waals surface area (Å²) in [6, 6.07) is 6.55. The Bertz CT molecular complexity index is 697. The number of nitro groups is 1. The lowest BCUT2D eigenvalue weighted by molar-refractivity contribution is -0.384. The predicted molar refractivity (Wildman–Crippen MR) is 73.5 cm³/mol. The van der Waals surface area contributed by atoms with Crippen LogP contribution < -0.4 is 0 Å². The summed E-state index contributed by atoms with van der Waals surface area (Å²) in [5.41, 5.74) is 0.0400. The van der Waals surface area contributed by atoms with Gasteiger partial charge in [0.1, 0.15) is 0 Å². The van der Waals surface area contributed by atoms with E-state index < -0.39 is 23.3 Å². The Kier molecular flexibility index (Phi) is 4.34. The molecule has 0 saturated carbocycles. The predicted octanol–water partition coefficient (Wildman–Crippen LogP) is 2.62. The number of halogens is 1. The van der Waals surface area contributed by atoms with Crippen LogP contribution in [0.2, 0.25) is 5.02 Å². The molecule has 108 valence electrons. The lowest BCUT2D eigenvalue weighted by atomic mass is 10.2. The van der Waals surface area contributed by atoms with Crippen LogP contribution in [0.15, 0.2) is 36.5 Å². The van der Waals surface area contributed by atoms with Crippen molar-refractivity contribution >= 4 is 29.0 Å². The standard InChI is InChI=1S/C13H9ClN2O5/c14-10-6-8(16(19)20)3-4-9(10)13(18)21-7-12(17)11-2-1-5-15-11/h1-6,15H,7H2. The van der Waals surface area contributed by atoms with Crippen LogP contribution in [0.5, 0.6) is 0 Å². The van der Waals surface area contributed by atoms with Crippen LogP contribution >= 0.6 is 11.6 Å². The highest BCUT2D eigenvalue weighted by molar-refractivity contribution is 6.33. The fraction of sp³-hybridized carbons (Fsp3) is 0.0769. The summed E-state index contributed by atoms with van der Waals surface area (Å²) in [4.78, 5) is 36.0. The molecule has 0 bridgehead atoms. The van der Waals surface area contributed by atoms with Crippen molar-refractivity contribution < 1.29 is 19.2 Å². The molecular weight excluding hydrogens is 300 g/mol. The molecule has 0 aliphatic carbocycles. The first-order valence-corrected chi connectivity index (χ1v) is 6.14. The fourth-order valence-electron chi connectivity index (χ4n) is 1.57.